The first kappa shape index (κ1) is 10.3. The van der Waals surface area contributed by atoms with E-state index >= 15 is 0 Å². The molecule has 68 valence electrons. The molecule has 0 bridgehead atoms. The van der Waals surface area contributed by atoms with E-state index in [1.54, 1.807) is 0 Å². The van der Waals surface area contributed by atoms with Gasteiger partial charge in [0.15, 0.2) is 4.32 Å². The number of thiocarbonyl (C=S) groups is 1. The van der Waals surface area contributed by atoms with Gasteiger partial charge in [-0.1, -0.05) is 12.2 Å². The Kier molecular flexibility index (Phi) is 3.12. The molecule has 0 unspecified atom stereocenters. The highest BCUT2D eigenvalue weighted by molar-refractivity contribution is 8.23. The van der Waals surface area contributed by atoms with E-state index in [0.29, 0.717) is 4.32 Å². The third kappa shape index (κ3) is 2.87. The van der Waals surface area contributed by atoms with Crippen LogP contribution < -0.4 is 0 Å². The fraction of sp³-hybridized carbons (Fsp3) is 0.333. The molecule has 13 heavy (non-hydrogen) atoms. The fourth-order valence-electron chi connectivity index (χ4n) is 0.745. The molecule has 0 fully saturated rings. The second-order valence-corrected chi connectivity index (χ2v) is 5.25. The maximum atomic E-state index is 6.96. The molecule has 0 atom stereocenters. The van der Waals surface area contributed by atoms with Gasteiger partial charge in [0.2, 0.25) is 0 Å². The topological polar surface area (TPSA) is 9.29 Å². The van der Waals surface area contributed by atoms with E-state index in [1.165, 1.54) is 11.8 Å². The first-order chi connectivity index (χ1) is 6.05. The number of nitrogens with zero attached hydrogens (tertiary/aromatic N) is 2. The fourth-order valence-corrected chi connectivity index (χ4v) is 2.18. The third-order valence-electron chi connectivity index (χ3n) is 1.42. The van der Waals surface area contributed by atoms with Crippen molar-refractivity contribution in [2.45, 2.75) is 18.7 Å². The molecule has 1 aromatic heterocycles. The highest BCUT2D eigenvalue weighted by Gasteiger charge is 2.26. The lowest BCUT2D eigenvalue weighted by Crippen LogP contribution is -2.14. The third-order valence-corrected chi connectivity index (χ3v) is 2.86. The predicted molar refractivity (Wildman–Crippen MR) is 60.7 cm³/mol. The van der Waals surface area contributed by atoms with E-state index in [-0.39, 0.29) is 0 Å². The Morgan fingerprint density at radius 1 is 1.46 bits per heavy atom. The van der Waals surface area contributed by atoms with Crippen LogP contribution in [0, 0.1) is 6.57 Å². The Hall–Kier alpha value is -0.790. The van der Waals surface area contributed by atoms with Crippen molar-refractivity contribution in [2.24, 2.45) is 0 Å². The van der Waals surface area contributed by atoms with Gasteiger partial charge in [0.25, 0.3) is 4.87 Å². The predicted octanol–water partition coefficient (Wildman–Crippen LogP) is 3.01. The van der Waals surface area contributed by atoms with Crippen molar-refractivity contribution in [3.05, 3.63) is 35.9 Å². The van der Waals surface area contributed by atoms with Crippen LogP contribution in [0.25, 0.3) is 4.85 Å². The van der Waals surface area contributed by atoms with E-state index in [4.69, 9.17) is 18.8 Å². The quantitative estimate of drug-likeness (QED) is 0.520. The van der Waals surface area contributed by atoms with Crippen LogP contribution >= 0.6 is 24.0 Å². The Morgan fingerprint density at radius 3 is 2.46 bits per heavy atom. The Morgan fingerprint density at radius 2 is 2.00 bits per heavy atom. The van der Waals surface area contributed by atoms with Gasteiger partial charge in [-0.25, -0.2) is 6.57 Å². The molecule has 2 nitrogen and oxygen atoms in total. The van der Waals surface area contributed by atoms with Crippen LogP contribution in [0.1, 0.15) is 13.8 Å². The first-order valence-electron chi connectivity index (χ1n) is 3.80. The molecule has 1 heterocycles. The number of rotatable bonds is 1. The summed E-state index contributed by atoms with van der Waals surface area (Å²) in [5.41, 5.74) is 0. The van der Waals surface area contributed by atoms with Gasteiger partial charge in [-0.05, 0) is 23.9 Å². The number of thioether (sulfide) groups is 1. The van der Waals surface area contributed by atoms with Crippen LogP contribution in [0.15, 0.2) is 24.5 Å². The average Bonchev–Trinajstić information content (AvgIpc) is 2.55. The van der Waals surface area contributed by atoms with E-state index < -0.39 is 4.87 Å². The highest BCUT2D eigenvalue weighted by atomic mass is 32.2. The Balaban J connectivity index is 2.68. The van der Waals surface area contributed by atoms with E-state index in [9.17, 15) is 0 Å². The number of hydrogen-bond donors (Lipinski definition) is 0. The summed E-state index contributed by atoms with van der Waals surface area (Å²) in [6.45, 7) is 10.7. The molecular formula is C9H10N2S2. The lowest BCUT2D eigenvalue weighted by atomic mass is 10.4. The van der Waals surface area contributed by atoms with Crippen molar-refractivity contribution in [3.8, 4) is 0 Å². The van der Waals surface area contributed by atoms with Crippen molar-refractivity contribution < 1.29 is 0 Å². The van der Waals surface area contributed by atoms with E-state index in [2.05, 4.69) is 4.85 Å². The van der Waals surface area contributed by atoms with Gasteiger partial charge in [0.1, 0.15) is 0 Å². The van der Waals surface area contributed by atoms with Crippen LogP contribution in [0.5, 0.6) is 0 Å². The van der Waals surface area contributed by atoms with Crippen LogP contribution in [0.2, 0.25) is 0 Å². The molecule has 0 aliphatic carbocycles. The molecule has 0 saturated carbocycles. The molecule has 0 aliphatic heterocycles. The SMILES string of the molecule is [C-]#[N+]C(C)(C)SC(=S)n1cccc1. The molecule has 1 rings (SSSR count). The van der Waals surface area contributed by atoms with E-state index in [0.717, 1.165) is 0 Å². The second-order valence-electron chi connectivity index (χ2n) is 3.02. The maximum Gasteiger partial charge on any atom is 0.278 e. The average molecular weight is 210 g/mol. The summed E-state index contributed by atoms with van der Waals surface area (Å²) in [6.07, 6.45) is 3.77. The lowest BCUT2D eigenvalue weighted by Gasteiger charge is -2.11. The number of hydrogen-bond acceptors (Lipinski definition) is 2. The summed E-state index contributed by atoms with van der Waals surface area (Å²) in [7, 11) is 0. The summed E-state index contributed by atoms with van der Waals surface area (Å²) in [5, 5.41) is 0. The maximum absolute atomic E-state index is 6.96. The molecule has 0 amide bonds. The van der Waals surface area contributed by atoms with Crippen LogP contribution in [0.3, 0.4) is 0 Å². The molecule has 0 saturated heterocycles. The standard InChI is InChI=1S/C9H10N2S2/c1-9(2,10-3)13-8(12)11-6-4-5-7-11/h4-7H,1-2H3. The monoisotopic (exact) mass is 210 g/mol. The minimum Gasteiger partial charge on any atom is -0.309 e. The minimum atomic E-state index is -0.471. The zero-order chi connectivity index (χ0) is 9.90. The normalized spacial score (nSPS) is 10.8. The molecule has 0 aromatic carbocycles. The minimum absolute atomic E-state index is 0.471. The van der Waals surface area contributed by atoms with Crippen molar-refractivity contribution in [3.63, 3.8) is 0 Å². The highest BCUT2D eigenvalue weighted by Crippen LogP contribution is 2.27. The smallest absolute Gasteiger partial charge is 0.278 e. The molecule has 0 spiro atoms. The largest absolute Gasteiger partial charge is 0.309 e. The van der Waals surface area contributed by atoms with Crippen LogP contribution in [-0.4, -0.2) is 13.8 Å². The molecule has 0 N–H and O–H groups in total. The van der Waals surface area contributed by atoms with Gasteiger partial charge >= 0.3 is 0 Å². The summed E-state index contributed by atoms with van der Waals surface area (Å²) in [5.74, 6) is 0. The van der Waals surface area contributed by atoms with Crippen molar-refractivity contribution in [1.29, 1.82) is 0 Å². The molecule has 1 aromatic rings. The van der Waals surface area contributed by atoms with E-state index in [1.807, 2.05) is 42.9 Å². The zero-order valence-corrected chi connectivity index (χ0v) is 9.15. The van der Waals surface area contributed by atoms with Gasteiger partial charge in [0.05, 0.1) is 0 Å². The summed E-state index contributed by atoms with van der Waals surface area (Å²) < 4.78 is 2.55. The van der Waals surface area contributed by atoms with Gasteiger partial charge in [-0.15, -0.1) is 0 Å². The van der Waals surface area contributed by atoms with Gasteiger partial charge in [-0.3, -0.25) is 4.85 Å². The Labute approximate surface area is 87.8 Å². The summed E-state index contributed by atoms with van der Waals surface area (Å²) in [6, 6.07) is 3.83. The first-order valence-corrected chi connectivity index (χ1v) is 5.02. The number of aromatic nitrogens is 1. The van der Waals surface area contributed by atoms with Crippen LogP contribution in [-0.2, 0) is 0 Å². The van der Waals surface area contributed by atoms with Crippen LogP contribution in [0.4, 0.5) is 0 Å². The molecule has 0 radical (unpaired) electrons. The second kappa shape index (κ2) is 3.95. The Bertz CT molecular complexity index is 333. The summed E-state index contributed by atoms with van der Waals surface area (Å²) >= 11 is 6.57. The van der Waals surface area contributed by atoms with Crippen molar-refractivity contribution in [2.75, 3.05) is 0 Å². The zero-order valence-electron chi connectivity index (χ0n) is 7.52. The van der Waals surface area contributed by atoms with Crippen molar-refractivity contribution in [1.82, 2.24) is 4.57 Å². The molecule has 0 aliphatic rings. The van der Waals surface area contributed by atoms with Gasteiger partial charge in [-0.2, -0.15) is 0 Å². The van der Waals surface area contributed by atoms with Gasteiger partial charge in [0, 0.05) is 26.2 Å². The van der Waals surface area contributed by atoms with Gasteiger partial charge < -0.3 is 4.57 Å². The molecule has 4 heteroatoms. The molecular weight excluding hydrogens is 200 g/mol. The lowest BCUT2D eigenvalue weighted by molar-refractivity contribution is 0.898. The van der Waals surface area contributed by atoms with Crippen molar-refractivity contribution >= 4 is 28.3 Å². The summed E-state index contributed by atoms with van der Waals surface area (Å²) in [4.78, 5) is 3.01.